The minimum atomic E-state index is 0.510. The molecule has 1 heterocycles. The predicted octanol–water partition coefficient (Wildman–Crippen LogP) is 5.84. The summed E-state index contributed by atoms with van der Waals surface area (Å²) in [6.45, 7) is 0.696. The van der Waals surface area contributed by atoms with E-state index in [1.807, 2.05) is 41.0 Å². The van der Waals surface area contributed by atoms with Gasteiger partial charge in [0.25, 0.3) is 0 Å². The van der Waals surface area contributed by atoms with Crippen LogP contribution in [0.3, 0.4) is 0 Å². The van der Waals surface area contributed by atoms with Crippen LogP contribution in [0.25, 0.3) is 22.2 Å². The summed E-state index contributed by atoms with van der Waals surface area (Å²) in [6, 6.07) is 22.1. The standard InChI is InChI=1S/C21H17Cl2N3/c22-17-8-6-15(18(23)13-17)10-11-26-20-12-16(14-4-2-1-3-5-14)7-9-19(20)25-21(26)24/h1-9,12-13H,10-11H2,(H2,24,25). The van der Waals surface area contributed by atoms with Crippen molar-refractivity contribution < 1.29 is 0 Å². The highest BCUT2D eigenvalue weighted by Gasteiger charge is 2.11. The average Bonchev–Trinajstić information content (AvgIpc) is 2.96. The molecule has 3 nitrogen and oxygen atoms in total. The van der Waals surface area contributed by atoms with Gasteiger partial charge >= 0.3 is 0 Å². The first kappa shape index (κ1) is 17.0. The second-order valence-electron chi connectivity index (χ2n) is 6.18. The van der Waals surface area contributed by atoms with Crippen molar-refractivity contribution in [2.45, 2.75) is 13.0 Å². The molecule has 0 saturated carbocycles. The van der Waals surface area contributed by atoms with Crippen molar-refractivity contribution in [1.29, 1.82) is 0 Å². The fourth-order valence-corrected chi connectivity index (χ4v) is 3.65. The molecule has 1 aromatic heterocycles. The van der Waals surface area contributed by atoms with E-state index >= 15 is 0 Å². The summed E-state index contributed by atoms with van der Waals surface area (Å²) in [7, 11) is 0. The van der Waals surface area contributed by atoms with Gasteiger partial charge in [-0.3, -0.25) is 0 Å². The molecule has 5 heteroatoms. The number of halogens is 2. The molecule has 0 bridgehead atoms. The van der Waals surface area contributed by atoms with Gasteiger partial charge in [-0.2, -0.15) is 0 Å². The monoisotopic (exact) mass is 381 g/mol. The SMILES string of the molecule is Nc1nc2ccc(-c3ccccc3)cc2n1CCc1ccc(Cl)cc1Cl. The third-order valence-corrected chi connectivity index (χ3v) is 5.09. The van der Waals surface area contributed by atoms with Gasteiger partial charge < -0.3 is 10.3 Å². The van der Waals surface area contributed by atoms with Crippen molar-refractivity contribution in [3.63, 3.8) is 0 Å². The van der Waals surface area contributed by atoms with Gasteiger partial charge in [0.1, 0.15) is 0 Å². The largest absolute Gasteiger partial charge is 0.369 e. The summed E-state index contributed by atoms with van der Waals surface area (Å²) in [5.41, 5.74) is 11.4. The highest BCUT2D eigenvalue weighted by molar-refractivity contribution is 6.35. The van der Waals surface area contributed by atoms with Crippen LogP contribution in [0.1, 0.15) is 5.56 Å². The lowest BCUT2D eigenvalue weighted by Gasteiger charge is -2.09. The van der Waals surface area contributed by atoms with Gasteiger partial charge in [-0.25, -0.2) is 4.98 Å². The maximum Gasteiger partial charge on any atom is 0.201 e. The van der Waals surface area contributed by atoms with Crippen molar-refractivity contribution in [2.75, 3.05) is 5.73 Å². The number of aryl methyl sites for hydroxylation is 2. The Morgan fingerprint density at radius 3 is 2.46 bits per heavy atom. The molecule has 0 radical (unpaired) electrons. The van der Waals surface area contributed by atoms with E-state index in [0.717, 1.165) is 28.6 Å². The maximum atomic E-state index is 6.29. The normalized spacial score (nSPS) is 11.2. The van der Waals surface area contributed by atoms with Crippen LogP contribution < -0.4 is 5.73 Å². The number of hydrogen-bond acceptors (Lipinski definition) is 2. The molecule has 4 aromatic rings. The number of hydrogen-bond donors (Lipinski definition) is 1. The Hall–Kier alpha value is -2.49. The summed E-state index contributed by atoms with van der Waals surface area (Å²) in [4.78, 5) is 4.48. The number of nitrogen functional groups attached to an aromatic ring is 1. The smallest absolute Gasteiger partial charge is 0.201 e. The second kappa shape index (κ2) is 7.02. The first-order valence-electron chi connectivity index (χ1n) is 8.37. The first-order valence-corrected chi connectivity index (χ1v) is 9.12. The summed E-state index contributed by atoms with van der Waals surface area (Å²) < 4.78 is 2.03. The number of aromatic nitrogens is 2. The zero-order chi connectivity index (χ0) is 18.1. The zero-order valence-electron chi connectivity index (χ0n) is 14.0. The Labute approximate surface area is 162 Å². The highest BCUT2D eigenvalue weighted by atomic mass is 35.5. The Bertz CT molecular complexity index is 1070. The van der Waals surface area contributed by atoms with Crippen LogP contribution in [-0.2, 0) is 13.0 Å². The molecule has 130 valence electrons. The third-order valence-electron chi connectivity index (χ3n) is 4.50. The van der Waals surface area contributed by atoms with Crippen molar-refractivity contribution in [2.24, 2.45) is 0 Å². The number of fused-ring (bicyclic) bond motifs is 1. The molecule has 0 saturated heterocycles. The molecule has 0 amide bonds. The van der Waals surface area contributed by atoms with Gasteiger partial charge in [0.2, 0.25) is 5.95 Å². The number of imidazole rings is 1. The Kier molecular flexibility index (Phi) is 4.58. The molecule has 4 rings (SSSR count). The minimum absolute atomic E-state index is 0.510. The molecule has 0 fully saturated rings. The molecule has 26 heavy (non-hydrogen) atoms. The van der Waals surface area contributed by atoms with Gasteiger partial charge in [-0.15, -0.1) is 0 Å². The van der Waals surface area contributed by atoms with Crippen LogP contribution >= 0.6 is 23.2 Å². The Morgan fingerprint density at radius 2 is 1.69 bits per heavy atom. The molecule has 0 aliphatic heterocycles. The average molecular weight is 382 g/mol. The first-order chi connectivity index (χ1) is 12.6. The molecule has 0 aliphatic carbocycles. The van der Waals surface area contributed by atoms with Crippen LogP contribution in [0.4, 0.5) is 5.95 Å². The second-order valence-corrected chi connectivity index (χ2v) is 7.02. The van der Waals surface area contributed by atoms with E-state index in [1.165, 1.54) is 5.56 Å². The van der Waals surface area contributed by atoms with E-state index < -0.39 is 0 Å². The van der Waals surface area contributed by atoms with Crippen LogP contribution in [0.5, 0.6) is 0 Å². The zero-order valence-corrected chi connectivity index (χ0v) is 15.5. The van der Waals surface area contributed by atoms with Gasteiger partial charge in [0.05, 0.1) is 11.0 Å². The summed E-state index contributed by atoms with van der Waals surface area (Å²) >= 11 is 12.3. The molecule has 0 spiro atoms. The maximum absolute atomic E-state index is 6.29. The van der Waals surface area contributed by atoms with E-state index in [1.54, 1.807) is 6.07 Å². The molecule has 3 aromatic carbocycles. The predicted molar refractivity (Wildman–Crippen MR) is 110 cm³/mol. The van der Waals surface area contributed by atoms with E-state index in [0.29, 0.717) is 22.5 Å². The van der Waals surface area contributed by atoms with E-state index in [2.05, 4.69) is 29.2 Å². The van der Waals surface area contributed by atoms with E-state index in [4.69, 9.17) is 28.9 Å². The lowest BCUT2D eigenvalue weighted by molar-refractivity contribution is 0.726. The quantitative estimate of drug-likeness (QED) is 0.482. The topological polar surface area (TPSA) is 43.8 Å². The van der Waals surface area contributed by atoms with E-state index in [9.17, 15) is 0 Å². The number of anilines is 1. The van der Waals surface area contributed by atoms with Gasteiger partial charge in [-0.05, 0) is 47.4 Å². The van der Waals surface area contributed by atoms with E-state index in [-0.39, 0.29) is 0 Å². The fraction of sp³-hybridized carbons (Fsp3) is 0.0952. The summed E-state index contributed by atoms with van der Waals surface area (Å²) in [6.07, 6.45) is 0.751. The van der Waals surface area contributed by atoms with Crippen LogP contribution in [0.15, 0.2) is 66.7 Å². The van der Waals surface area contributed by atoms with Crippen molar-refractivity contribution >= 4 is 40.2 Å². The van der Waals surface area contributed by atoms with Crippen LogP contribution in [0, 0.1) is 0 Å². The highest BCUT2D eigenvalue weighted by Crippen LogP contribution is 2.27. The van der Waals surface area contributed by atoms with Gasteiger partial charge in [0, 0.05) is 16.6 Å². The Morgan fingerprint density at radius 1 is 0.885 bits per heavy atom. The van der Waals surface area contributed by atoms with Crippen LogP contribution in [-0.4, -0.2) is 9.55 Å². The summed E-state index contributed by atoms with van der Waals surface area (Å²) in [5.74, 6) is 0.510. The molecule has 0 unspecified atom stereocenters. The number of benzene rings is 3. The minimum Gasteiger partial charge on any atom is -0.369 e. The number of rotatable bonds is 4. The molecule has 0 aliphatic rings. The molecular formula is C21H17Cl2N3. The van der Waals surface area contributed by atoms with Gasteiger partial charge in [-0.1, -0.05) is 65.7 Å². The fourth-order valence-electron chi connectivity index (χ4n) is 3.14. The number of nitrogens with two attached hydrogens (primary N) is 1. The lowest BCUT2D eigenvalue weighted by Crippen LogP contribution is -2.06. The third kappa shape index (κ3) is 3.28. The lowest BCUT2D eigenvalue weighted by atomic mass is 10.1. The number of nitrogens with zero attached hydrogens (tertiary/aromatic N) is 2. The molecular weight excluding hydrogens is 365 g/mol. The van der Waals surface area contributed by atoms with Crippen molar-refractivity contribution in [3.05, 3.63) is 82.3 Å². The van der Waals surface area contributed by atoms with Crippen molar-refractivity contribution in [1.82, 2.24) is 9.55 Å². The Balaban J connectivity index is 1.69. The molecule has 0 atom stereocenters. The van der Waals surface area contributed by atoms with Gasteiger partial charge in [0.15, 0.2) is 0 Å². The summed E-state index contributed by atoms with van der Waals surface area (Å²) in [5, 5.41) is 1.31. The van der Waals surface area contributed by atoms with Crippen molar-refractivity contribution in [3.8, 4) is 11.1 Å². The molecule has 2 N–H and O–H groups in total. The van der Waals surface area contributed by atoms with Crippen LogP contribution in [0.2, 0.25) is 10.0 Å².